The van der Waals surface area contributed by atoms with E-state index in [1.807, 2.05) is 24.4 Å². The summed E-state index contributed by atoms with van der Waals surface area (Å²) in [7, 11) is 0. The molecule has 0 amide bonds. The van der Waals surface area contributed by atoms with Crippen LogP contribution in [-0.4, -0.2) is 39.1 Å². The number of benzene rings is 3. The van der Waals surface area contributed by atoms with Crippen LogP contribution >= 0.6 is 15.9 Å². The molecule has 0 aliphatic carbocycles. The van der Waals surface area contributed by atoms with E-state index in [1.54, 1.807) is 12.1 Å². The second-order valence-electron chi connectivity index (χ2n) is 9.89. The van der Waals surface area contributed by atoms with Crippen molar-refractivity contribution in [3.05, 3.63) is 99.2 Å². The van der Waals surface area contributed by atoms with E-state index in [4.69, 9.17) is 9.98 Å². The van der Waals surface area contributed by atoms with Gasteiger partial charge in [-0.15, -0.1) is 0 Å². The Labute approximate surface area is 230 Å². The first-order valence-electron chi connectivity index (χ1n) is 12.8. The number of hydrogen-bond acceptors (Lipinski definition) is 6. The number of fused-ring (bicyclic) bond motifs is 1. The average Bonchev–Trinajstić information content (AvgIpc) is 3.29. The minimum atomic E-state index is -0.208. The lowest BCUT2D eigenvalue weighted by Crippen LogP contribution is -2.28. The van der Waals surface area contributed by atoms with Crippen LogP contribution in [-0.2, 0) is 24.1 Å². The number of aliphatic imine (C=N–C) groups is 2. The van der Waals surface area contributed by atoms with Crippen molar-refractivity contribution in [3.8, 4) is 17.2 Å². The van der Waals surface area contributed by atoms with Gasteiger partial charge in [-0.2, -0.15) is 0 Å². The quantitative estimate of drug-likeness (QED) is 0.271. The molecule has 2 aliphatic rings. The summed E-state index contributed by atoms with van der Waals surface area (Å²) in [4.78, 5) is 22.0. The second-order valence-corrected chi connectivity index (χ2v) is 10.7. The van der Waals surface area contributed by atoms with Gasteiger partial charge in [0.1, 0.15) is 11.5 Å². The summed E-state index contributed by atoms with van der Waals surface area (Å²) >= 11 is 3.59. The molecule has 0 bridgehead atoms. The van der Waals surface area contributed by atoms with Gasteiger partial charge in [0.15, 0.2) is 11.5 Å². The number of carbonyl (C=O) groups is 1. The highest BCUT2D eigenvalue weighted by Crippen LogP contribution is 2.38. The summed E-state index contributed by atoms with van der Waals surface area (Å²) in [6, 6.07) is 20.3. The molecule has 6 nitrogen and oxygen atoms in total. The van der Waals surface area contributed by atoms with Crippen molar-refractivity contribution < 1.29 is 20.1 Å². The predicted octanol–water partition coefficient (Wildman–Crippen LogP) is 6.05. The molecule has 0 aromatic heterocycles. The highest BCUT2D eigenvalue weighted by molar-refractivity contribution is 9.12. The Bertz CT molecular complexity index is 1440. The van der Waals surface area contributed by atoms with Gasteiger partial charge in [-0.1, -0.05) is 42.5 Å². The van der Waals surface area contributed by atoms with Gasteiger partial charge in [-0.25, -0.2) is 0 Å². The summed E-state index contributed by atoms with van der Waals surface area (Å²) in [6.45, 7) is 0. The Morgan fingerprint density at radius 3 is 2.32 bits per heavy atom. The highest BCUT2D eigenvalue weighted by Gasteiger charge is 2.35. The van der Waals surface area contributed by atoms with Gasteiger partial charge in [0.05, 0.1) is 21.9 Å². The molecule has 3 N–H and O–H groups in total. The second kappa shape index (κ2) is 11.4. The van der Waals surface area contributed by atoms with Crippen molar-refractivity contribution in [2.75, 3.05) is 0 Å². The molecule has 194 valence electrons. The number of ketones is 1. The largest absolute Gasteiger partial charge is 0.507 e. The average molecular weight is 573 g/mol. The minimum absolute atomic E-state index is 0.0276. The van der Waals surface area contributed by atoms with Gasteiger partial charge < -0.3 is 15.3 Å². The zero-order valence-corrected chi connectivity index (χ0v) is 22.4. The van der Waals surface area contributed by atoms with Crippen molar-refractivity contribution >= 4 is 33.6 Å². The lowest BCUT2D eigenvalue weighted by molar-refractivity contribution is -0.118. The van der Waals surface area contributed by atoms with E-state index in [1.165, 1.54) is 17.7 Å². The fraction of sp³-hybridized carbons (Fsp3) is 0.258. The number of rotatable bonds is 9. The molecule has 7 heteroatoms. The Hall–Kier alpha value is -3.71. The van der Waals surface area contributed by atoms with Crippen LogP contribution < -0.4 is 0 Å². The number of para-hydroxylation sites is 1. The number of nitrogens with zero attached hydrogens (tertiary/aromatic N) is 2. The summed E-state index contributed by atoms with van der Waals surface area (Å²) in [5.74, 6) is 0.218. The van der Waals surface area contributed by atoms with Gasteiger partial charge in [-0.05, 0) is 88.5 Å². The fourth-order valence-corrected chi connectivity index (χ4v) is 5.53. The smallest absolute Gasteiger partial charge is 0.157 e. The molecule has 2 heterocycles. The SMILES string of the molecule is O=C(CCc1ccc(CC[C@@H]2CC(c3ccccc3O)=NC3=C(Br)C=NC32)cc1)Cc1ccc(O)c(O)c1. The Morgan fingerprint density at radius 2 is 1.58 bits per heavy atom. The number of halogens is 1. The first kappa shape index (κ1) is 25.9. The Balaban J connectivity index is 1.17. The molecule has 0 saturated carbocycles. The minimum Gasteiger partial charge on any atom is -0.507 e. The maximum atomic E-state index is 12.4. The van der Waals surface area contributed by atoms with Gasteiger partial charge >= 0.3 is 0 Å². The maximum Gasteiger partial charge on any atom is 0.157 e. The van der Waals surface area contributed by atoms with E-state index < -0.39 is 0 Å². The Kier molecular flexibility index (Phi) is 7.74. The lowest BCUT2D eigenvalue weighted by atomic mass is 9.83. The first-order valence-corrected chi connectivity index (χ1v) is 13.6. The van der Waals surface area contributed by atoms with Crippen LogP contribution in [0.15, 0.2) is 86.9 Å². The molecule has 1 unspecified atom stereocenters. The molecule has 0 fully saturated rings. The molecule has 5 rings (SSSR count). The van der Waals surface area contributed by atoms with Crippen LogP contribution in [0.3, 0.4) is 0 Å². The number of allylic oxidation sites excluding steroid dienone is 1. The van der Waals surface area contributed by atoms with E-state index >= 15 is 0 Å². The third-order valence-electron chi connectivity index (χ3n) is 7.21. The normalized spacial score (nSPS) is 18.4. The zero-order valence-electron chi connectivity index (χ0n) is 20.8. The number of phenolic OH excluding ortho intramolecular Hbond substituents is 3. The van der Waals surface area contributed by atoms with Crippen LogP contribution in [0.2, 0.25) is 0 Å². The van der Waals surface area contributed by atoms with Crippen molar-refractivity contribution in [1.29, 1.82) is 0 Å². The van der Waals surface area contributed by atoms with Crippen LogP contribution in [0.5, 0.6) is 17.2 Å². The van der Waals surface area contributed by atoms with Crippen molar-refractivity contribution in [3.63, 3.8) is 0 Å². The molecular formula is C31H29BrN2O4. The highest BCUT2D eigenvalue weighted by atomic mass is 79.9. The summed E-state index contributed by atoms with van der Waals surface area (Å²) in [6.07, 6.45) is 5.74. The molecule has 0 spiro atoms. The van der Waals surface area contributed by atoms with Gasteiger partial charge in [0.25, 0.3) is 0 Å². The molecule has 3 aromatic carbocycles. The van der Waals surface area contributed by atoms with Gasteiger partial charge in [0.2, 0.25) is 0 Å². The maximum absolute atomic E-state index is 12.4. The van der Waals surface area contributed by atoms with Crippen molar-refractivity contribution in [2.24, 2.45) is 15.9 Å². The molecule has 38 heavy (non-hydrogen) atoms. The zero-order chi connectivity index (χ0) is 26.6. The number of aryl methyl sites for hydroxylation is 2. The monoisotopic (exact) mass is 572 g/mol. The molecule has 2 aliphatic heterocycles. The molecule has 0 saturated heterocycles. The van der Waals surface area contributed by atoms with Crippen molar-refractivity contribution in [2.45, 2.75) is 44.6 Å². The Morgan fingerprint density at radius 1 is 0.868 bits per heavy atom. The lowest BCUT2D eigenvalue weighted by Gasteiger charge is -2.28. The number of carbonyl (C=O) groups excluding carboxylic acids is 1. The van der Waals surface area contributed by atoms with E-state index in [2.05, 4.69) is 40.2 Å². The predicted molar refractivity (Wildman–Crippen MR) is 153 cm³/mol. The summed E-state index contributed by atoms with van der Waals surface area (Å²) in [5.41, 5.74) is 5.63. The molecule has 3 aromatic rings. The van der Waals surface area contributed by atoms with E-state index in [0.717, 1.165) is 46.3 Å². The molecular weight excluding hydrogens is 544 g/mol. The first-order chi connectivity index (χ1) is 18.4. The summed E-state index contributed by atoms with van der Waals surface area (Å²) in [5, 5.41) is 29.4. The molecule has 2 atom stereocenters. The van der Waals surface area contributed by atoms with E-state index in [0.29, 0.717) is 18.4 Å². The number of aromatic hydroxyl groups is 3. The van der Waals surface area contributed by atoms with Crippen molar-refractivity contribution in [1.82, 2.24) is 0 Å². The fourth-order valence-electron chi connectivity index (χ4n) is 5.09. The van der Waals surface area contributed by atoms with Crippen LogP contribution in [0.25, 0.3) is 0 Å². The van der Waals surface area contributed by atoms with Crippen LogP contribution in [0.4, 0.5) is 0 Å². The van der Waals surface area contributed by atoms with Gasteiger partial charge in [-0.3, -0.25) is 14.8 Å². The number of phenols is 3. The van der Waals surface area contributed by atoms with Gasteiger partial charge in [0, 0.05) is 24.6 Å². The van der Waals surface area contributed by atoms with Crippen LogP contribution in [0, 0.1) is 5.92 Å². The van der Waals surface area contributed by atoms with Crippen LogP contribution in [0.1, 0.15) is 41.5 Å². The summed E-state index contributed by atoms with van der Waals surface area (Å²) < 4.78 is 0.904. The number of Topliss-reactive ketones (excluding diaryl/α,β-unsaturated/α-hetero) is 1. The number of hydrogen-bond donors (Lipinski definition) is 3. The van der Waals surface area contributed by atoms with E-state index in [9.17, 15) is 20.1 Å². The molecule has 0 radical (unpaired) electrons. The van der Waals surface area contributed by atoms with E-state index in [-0.39, 0.29) is 41.4 Å². The standard InChI is InChI=1S/C31H29BrN2O4/c32-25-18-33-30-22(17-26(34-31(25)30)24-3-1-2-4-27(24)36)12-9-19-5-7-20(8-6-19)10-13-23(35)15-21-11-14-28(37)29(38)16-21/h1-8,11,14,16,18,22,30,36-38H,9-10,12-13,15,17H2/t22-,30?/m1/s1. The topological polar surface area (TPSA) is 102 Å². The third-order valence-corrected chi connectivity index (χ3v) is 7.82. The third kappa shape index (κ3) is 5.89.